The van der Waals surface area contributed by atoms with Gasteiger partial charge in [-0.2, -0.15) is 5.10 Å². The number of aromatic nitrogens is 2. The Bertz CT molecular complexity index is 547. The van der Waals surface area contributed by atoms with E-state index in [2.05, 4.69) is 10.4 Å². The highest BCUT2D eigenvalue weighted by atomic mass is 35.5. The molecule has 0 fully saturated rings. The lowest BCUT2D eigenvalue weighted by Crippen LogP contribution is -2.18. The molecular weight excluding hydrogens is 226 g/mol. The normalized spacial score (nSPS) is 10.9. The second kappa shape index (κ2) is 4.23. The molecule has 0 atom stereocenters. The molecule has 84 valence electrons. The average molecular weight is 238 g/mol. The maximum atomic E-state index is 11.9. The van der Waals surface area contributed by atoms with Gasteiger partial charge in [-0.05, 0) is 13.1 Å². The number of likely N-dealkylation sites (N-methyl/N-ethyl adjacent to an activating group) is 1. The molecule has 0 aliphatic carbocycles. The van der Waals surface area contributed by atoms with Crippen molar-refractivity contribution < 1.29 is 4.79 Å². The van der Waals surface area contributed by atoms with E-state index in [0.717, 1.165) is 10.9 Å². The Morgan fingerprint density at radius 2 is 2.31 bits per heavy atom. The molecule has 0 aliphatic heterocycles. The van der Waals surface area contributed by atoms with Gasteiger partial charge in [0, 0.05) is 18.0 Å². The summed E-state index contributed by atoms with van der Waals surface area (Å²) in [7, 11) is 3.55. The fraction of sp³-hybridized carbons (Fsp3) is 0.273. The Kier molecular flexibility index (Phi) is 2.94. The first-order valence-corrected chi connectivity index (χ1v) is 5.32. The molecular formula is C11H12ClN3O. The van der Waals surface area contributed by atoms with Gasteiger partial charge in [0.05, 0.1) is 12.1 Å². The number of halogens is 1. The Labute approximate surface area is 98.2 Å². The summed E-state index contributed by atoms with van der Waals surface area (Å²) in [6, 6.07) is 5.50. The van der Waals surface area contributed by atoms with Crippen LogP contribution in [0, 0.1) is 0 Å². The van der Waals surface area contributed by atoms with Crippen LogP contribution in [-0.4, -0.2) is 29.2 Å². The van der Waals surface area contributed by atoms with Crippen molar-refractivity contribution in [1.29, 1.82) is 0 Å². The smallest absolute Gasteiger partial charge is 0.177 e. The van der Waals surface area contributed by atoms with Crippen LogP contribution < -0.4 is 5.32 Å². The molecule has 0 radical (unpaired) electrons. The van der Waals surface area contributed by atoms with Crippen molar-refractivity contribution in [2.75, 3.05) is 13.6 Å². The van der Waals surface area contributed by atoms with Crippen molar-refractivity contribution in [3.8, 4) is 0 Å². The number of carbonyl (C=O) groups excluding carboxylic acids is 1. The highest BCUT2D eigenvalue weighted by Gasteiger charge is 2.15. The molecule has 0 amide bonds. The molecule has 0 saturated carbocycles. The summed E-state index contributed by atoms with van der Waals surface area (Å²) in [6.07, 6.45) is 0. The number of ketones is 1. The van der Waals surface area contributed by atoms with Crippen LogP contribution in [0.1, 0.15) is 10.4 Å². The van der Waals surface area contributed by atoms with Gasteiger partial charge in [0.2, 0.25) is 0 Å². The van der Waals surface area contributed by atoms with E-state index < -0.39 is 0 Å². The van der Waals surface area contributed by atoms with Crippen LogP contribution >= 0.6 is 11.6 Å². The molecule has 2 rings (SSSR count). The lowest BCUT2D eigenvalue weighted by atomic mass is 10.1. The monoisotopic (exact) mass is 237 g/mol. The number of nitrogens with zero attached hydrogens (tertiary/aromatic N) is 2. The fourth-order valence-electron chi connectivity index (χ4n) is 1.75. The Morgan fingerprint density at radius 1 is 1.56 bits per heavy atom. The van der Waals surface area contributed by atoms with Gasteiger partial charge < -0.3 is 5.32 Å². The molecule has 1 aromatic heterocycles. The van der Waals surface area contributed by atoms with E-state index in [1.54, 1.807) is 24.8 Å². The van der Waals surface area contributed by atoms with Crippen LogP contribution in [0.25, 0.3) is 10.9 Å². The average Bonchev–Trinajstić information content (AvgIpc) is 2.55. The second-order valence-electron chi connectivity index (χ2n) is 3.57. The number of benzene rings is 1. The van der Waals surface area contributed by atoms with E-state index in [1.165, 1.54) is 0 Å². The number of carbonyl (C=O) groups is 1. The number of rotatable bonds is 3. The SMILES string of the molecule is CNCC(=O)c1cccc2c1c(Cl)nn2C. The maximum absolute atomic E-state index is 11.9. The molecule has 0 aliphatic rings. The summed E-state index contributed by atoms with van der Waals surface area (Å²) >= 11 is 6.02. The first kappa shape index (κ1) is 11.1. The van der Waals surface area contributed by atoms with Gasteiger partial charge >= 0.3 is 0 Å². The quantitative estimate of drug-likeness (QED) is 0.826. The summed E-state index contributed by atoms with van der Waals surface area (Å²) in [5.74, 6) is 0.0167. The van der Waals surface area contributed by atoms with Gasteiger partial charge in [-0.15, -0.1) is 0 Å². The largest absolute Gasteiger partial charge is 0.313 e. The number of aryl methyl sites for hydroxylation is 1. The van der Waals surface area contributed by atoms with Crippen molar-refractivity contribution in [2.45, 2.75) is 0 Å². The topological polar surface area (TPSA) is 46.9 Å². The standard InChI is InChI=1S/C11H12ClN3O/c1-13-6-9(16)7-4-3-5-8-10(7)11(12)14-15(8)2/h3-5,13H,6H2,1-2H3. The minimum Gasteiger partial charge on any atom is -0.313 e. The molecule has 0 saturated heterocycles. The van der Waals surface area contributed by atoms with Gasteiger partial charge in [-0.25, -0.2) is 0 Å². The molecule has 5 heteroatoms. The van der Waals surface area contributed by atoms with Crippen molar-refractivity contribution in [2.24, 2.45) is 7.05 Å². The lowest BCUT2D eigenvalue weighted by Gasteiger charge is -2.02. The van der Waals surface area contributed by atoms with Gasteiger partial charge in [0.1, 0.15) is 0 Å². The Morgan fingerprint density at radius 3 is 3.00 bits per heavy atom. The summed E-state index contributed by atoms with van der Waals surface area (Å²) in [5.41, 5.74) is 1.48. The van der Waals surface area contributed by atoms with E-state index in [0.29, 0.717) is 17.3 Å². The van der Waals surface area contributed by atoms with Crippen LogP contribution in [0.2, 0.25) is 5.15 Å². The zero-order valence-corrected chi connectivity index (χ0v) is 9.88. The number of nitrogens with one attached hydrogen (secondary N) is 1. The van der Waals surface area contributed by atoms with Gasteiger partial charge in [0.15, 0.2) is 10.9 Å². The van der Waals surface area contributed by atoms with E-state index >= 15 is 0 Å². The maximum Gasteiger partial charge on any atom is 0.177 e. The van der Waals surface area contributed by atoms with Crippen LogP contribution in [0.15, 0.2) is 18.2 Å². The summed E-state index contributed by atoms with van der Waals surface area (Å²) in [6.45, 7) is 0.296. The molecule has 4 nitrogen and oxygen atoms in total. The van der Waals surface area contributed by atoms with E-state index in [-0.39, 0.29) is 5.78 Å². The third-order valence-electron chi connectivity index (χ3n) is 2.47. The van der Waals surface area contributed by atoms with Gasteiger partial charge in [-0.3, -0.25) is 9.48 Å². The van der Waals surface area contributed by atoms with Crippen LogP contribution in [0.5, 0.6) is 0 Å². The third-order valence-corrected chi connectivity index (χ3v) is 2.74. The van der Waals surface area contributed by atoms with Crippen LogP contribution in [0.4, 0.5) is 0 Å². The summed E-state index contributed by atoms with van der Waals surface area (Å²) < 4.78 is 1.67. The van der Waals surface area contributed by atoms with E-state index in [9.17, 15) is 4.79 Å². The predicted molar refractivity (Wildman–Crippen MR) is 64.0 cm³/mol. The van der Waals surface area contributed by atoms with Crippen molar-refractivity contribution in [3.05, 3.63) is 28.9 Å². The number of fused-ring (bicyclic) bond motifs is 1. The molecule has 0 bridgehead atoms. The summed E-state index contributed by atoms with van der Waals surface area (Å²) in [4.78, 5) is 11.9. The molecule has 1 aromatic carbocycles. The Balaban J connectivity index is 2.66. The van der Waals surface area contributed by atoms with Crippen LogP contribution in [0.3, 0.4) is 0 Å². The van der Waals surface area contributed by atoms with Crippen molar-refractivity contribution >= 4 is 28.3 Å². The second-order valence-corrected chi connectivity index (χ2v) is 3.93. The molecule has 1 heterocycles. The zero-order chi connectivity index (χ0) is 11.7. The third kappa shape index (κ3) is 1.70. The van der Waals surface area contributed by atoms with Crippen molar-refractivity contribution in [1.82, 2.24) is 15.1 Å². The van der Waals surface area contributed by atoms with Crippen molar-refractivity contribution in [3.63, 3.8) is 0 Å². The lowest BCUT2D eigenvalue weighted by molar-refractivity contribution is 0.0995. The highest BCUT2D eigenvalue weighted by Crippen LogP contribution is 2.26. The van der Waals surface area contributed by atoms with Gasteiger partial charge in [-0.1, -0.05) is 23.7 Å². The zero-order valence-electron chi connectivity index (χ0n) is 9.12. The Hall–Kier alpha value is -1.39. The minimum atomic E-state index is 0.0167. The number of Topliss-reactive ketones (excluding diaryl/α,β-unsaturated/α-hetero) is 1. The number of hydrogen-bond donors (Lipinski definition) is 1. The molecule has 0 unspecified atom stereocenters. The fourth-order valence-corrected chi connectivity index (χ4v) is 2.06. The molecule has 2 aromatic rings. The first-order valence-electron chi connectivity index (χ1n) is 4.94. The minimum absolute atomic E-state index is 0.0167. The van der Waals surface area contributed by atoms with Gasteiger partial charge in [0.25, 0.3) is 0 Å². The number of hydrogen-bond acceptors (Lipinski definition) is 3. The van der Waals surface area contributed by atoms with E-state index in [4.69, 9.17) is 11.6 Å². The first-order chi connectivity index (χ1) is 7.65. The molecule has 0 spiro atoms. The van der Waals surface area contributed by atoms with Crippen LogP contribution in [-0.2, 0) is 7.05 Å². The molecule has 1 N–H and O–H groups in total. The predicted octanol–water partition coefficient (Wildman–Crippen LogP) is 1.63. The van der Waals surface area contributed by atoms with E-state index in [1.807, 2.05) is 12.1 Å². The highest BCUT2D eigenvalue weighted by molar-refractivity contribution is 6.35. The molecule has 16 heavy (non-hydrogen) atoms. The summed E-state index contributed by atoms with van der Waals surface area (Å²) in [5, 5.41) is 8.04.